The van der Waals surface area contributed by atoms with Gasteiger partial charge in [0.1, 0.15) is 5.56 Å². The number of amides is 1. The van der Waals surface area contributed by atoms with E-state index in [0.29, 0.717) is 11.4 Å². The Morgan fingerprint density at radius 2 is 2.11 bits per heavy atom. The predicted molar refractivity (Wildman–Crippen MR) is 73.2 cm³/mol. The van der Waals surface area contributed by atoms with Gasteiger partial charge in [-0.1, -0.05) is 0 Å². The predicted octanol–water partition coefficient (Wildman–Crippen LogP) is 2.19. The van der Waals surface area contributed by atoms with Crippen LogP contribution in [0.25, 0.3) is 0 Å². The minimum atomic E-state index is -0.608. The maximum atomic E-state index is 12.0. The highest BCUT2D eigenvalue weighted by Gasteiger charge is 2.20. The van der Waals surface area contributed by atoms with Crippen LogP contribution in [0.5, 0.6) is 0 Å². The largest absolute Gasteiger partial charge is 0.324 e. The minimum Gasteiger partial charge on any atom is -0.324 e. The van der Waals surface area contributed by atoms with Crippen molar-refractivity contribution in [1.82, 2.24) is 0 Å². The zero-order chi connectivity index (χ0) is 13.8. The Kier molecular flexibility index (Phi) is 3.74. The number of nitro groups is 1. The molecule has 2 aromatic rings. The van der Waals surface area contributed by atoms with Crippen molar-refractivity contribution in [3.63, 3.8) is 0 Å². The average molecular weight is 278 g/mol. The first kappa shape index (κ1) is 13.0. The molecule has 1 heterocycles. The molecule has 1 aromatic carbocycles. The summed E-state index contributed by atoms with van der Waals surface area (Å²) in [6.07, 6.45) is 0. The van der Waals surface area contributed by atoms with Crippen LogP contribution in [-0.2, 0) is 0 Å². The van der Waals surface area contributed by atoms with Crippen molar-refractivity contribution >= 4 is 34.3 Å². The summed E-state index contributed by atoms with van der Waals surface area (Å²) in [5.74, 6) is 4.68. The van der Waals surface area contributed by atoms with E-state index in [0.717, 1.165) is 0 Å². The van der Waals surface area contributed by atoms with Crippen LogP contribution in [-0.4, -0.2) is 10.8 Å². The Labute approximate surface area is 112 Å². The van der Waals surface area contributed by atoms with Gasteiger partial charge >= 0.3 is 0 Å². The summed E-state index contributed by atoms with van der Waals surface area (Å²) in [6, 6.07) is 5.70. The molecule has 1 amide bonds. The third-order valence-electron chi connectivity index (χ3n) is 2.38. The molecule has 0 bridgehead atoms. The maximum absolute atomic E-state index is 12.0. The second-order valence-electron chi connectivity index (χ2n) is 3.60. The van der Waals surface area contributed by atoms with Crippen LogP contribution < -0.4 is 16.6 Å². The van der Waals surface area contributed by atoms with Gasteiger partial charge in [0, 0.05) is 17.1 Å². The Morgan fingerprint density at radius 3 is 2.68 bits per heavy atom. The van der Waals surface area contributed by atoms with Gasteiger partial charge in [-0.15, -0.1) is 0 Å². The molecule has 0 radical (unpaired) electrons. The molecule has 0 unspecified atom stereocenters. The van der Waals surface area contributed by atoms with E-state index in [2.05, 4.69) is 10.7 Å². The van der Waals surface area contributed by atoms with Crippen LogP contribution in [0.3, 0.4) is 0 Å². The molecule has 0 aliphatic heterocycles. The highest BCUT2D eigenvalue weighted by atomic mass is 32.1. The lowest BCUT2D eigenvalue weighted by molar-refractivity contribution is -0.385. The quantitative estimate of drug-likeness (QED) is 0.451. The fourth-order valence-corrected chi connectivity index (χ4v) is 2.09. The van der Waals surface area contributed by atoms with Crippen molar-refractivity contribution in [3.8, 4) is 0 Å². The molecule has 4 N–H and O–H groups in total. The molecule has 0 spiro atoms. The van der Waals surface area contributed by atoms with Crippen LogP contribution in [0.1, 0.15) is 10.4 Å². The zero-order valence-electron chi connectivity index (χ0n) is 9.62. The van der Waals surface area contributed by atoms with E-state index in [4.69, 9.17) is 5.84 Å². The molecule has 0 saturated heterocycles. The molecule has 8 heteroatoms. The molecular weight excluding hydrogens is 268 g/mol. The second-order valence-corrected chi connectivity index (χ2v) is 4.38. The number of nitrogens with zero attached hydrogens (tertiary/aromatic N) is 1. The highest BCUT2D eigenvalue weighted by Crippen LogP contribution is 2.24. The fourth-order valence-electron chi connectivity index (χ4n) is 1.50. The van der Waals surface area contributed by atoms with Gasteiger partial charge in [-0.05, 0) is 23.6 Å². The van der Waals surface area contributed by atoms with Crippen molar-refractivity contribution in [1.29, 1.82) is 0 Å². The molecule has 0 aliphatic carbocycles. The average Bonchev–Trinajstić information content (AvgIpc) is 2.90. The maximum Gasteiger partial charge on any atom is 0.282 e. The molecule has 19 heavy (non-hydrogen) atoms. The van der Waals surface area contributed by atoms with Gasteiger partial charge in [0.05, 0.1) is 10.6 Å². The lowest BCUT2D eigenvalue weighted by atomic mass is 10.1. The van der Waals surface area contributed by atoms with E-state index >= 15 is 0 Å². The molecule has 2 rings (SSSR count). The van der Waals surface area contributed by atoms with Crippen molar-refractivity contribution in [3.05, 3.63) is 50.7 Å². The summed E-state index contributed by atoms with van der Waals surface area (Å²) < 4.78 is 0. The van der Waals surface area contributed by atoms with Crippen molar-refractivity contribution in [2.45, 2.75) is 0 Å². The summed E-state index contributed by atoms with van der Waals surface area (Å²) in [5.41, 5.74) is 3.04. The molecular formula is C11H10N4O3S. The van der Waals surface area contributed by atoms with Crippen LogP contribution >= 0.6 is 11.3 Å². The molecule has 0 fully saturated rings. The molecule has 0 atom stereocenters. The third-order valence-corrected chi connectivity index (χ3v) is 3.07. The standard InChI is InChI=1S/C11H10N4O3S/c12-14-7-1-2-10(15(17)18)9(5-7)11(16)13-8-3-4-19-6-8/h1-6,14H,12H2,(H,13,16). The van der Waals surface area contributed by atoms with Gasteiger partial charge in [0.25, 0.3) is 11.6 Å². The lowest BCUT2D eigenvalue weighted by Gasteiger charge is -2.06. The first-order chi connectivity index (χ1) is 9.11. The molecule has 98 valence electrons. The summed E-state index contributed by atoms with van der Waals surface area (Å²) in [5, 5.41) is 17.0. The van der Waals surface area contributed by atoms with Crippen LogP contribution in [0.15, 0.2) is 35.0 Å². The van der Waals surface area contributed by atoms with Gasteiger partial charge < -0.3 is 10.7 Å². The molecule has 1 aromatic heterocycles. The van der Waals surface area contributed by atoms with E-state index in [1.165, 1.54) is 29.5 Å². The Bertz CT molecular complexity index is 612. The lowest BCUT2D eigenvalue weighted by Crippen LogP contribution is -2.15. The van der Waals surface area contributed by atoms with Gasteiger partial charge in [0.2, 0.25) is 0 Å². The number of anilines is 2. The first-order valence-electron chi connectivity index (χ1n) is 5.20. The van der Waals surface area contributed by atoms with E-state index in [9.17, 15) is 14.9 Å². The van der Waals surface area contributed by atoms with Crippen molar-refractivity contribution in [2.75, 3.05) is 10.7 Å². The number of nitrogens with two attached hydrogens (primary N) is 1. The highest BCUT2D eigenvalue weighted by molar-refractivity contribution is 7.08. The van der Waals surface area contributed by atoms with Crippen molar-refractivity contribution in [2.24, 2.45) is 5.84 Å². The van der Waals surface area contributed by atoms with E-state index in [1.54, 1.807) is 16.8 Å². The summed E-state index contributed by atoms with van der Waals surface area (Å²) in [4.78, 5) is 22.3. The number of thiophene rings is 1. The number of nitrogens with one attached hydrogen (secondary N) is 2. The summed E-state index contributed by atoms with van der Waals surface area (Å²) in [6.45, 7) is 0. The smallest absolute Gasteiger partial charge is 0.282 e. The number of hydrazine groups is 1. The van der Waals surface area contributed by atoms with E-state index in [-0.39, 0.29) is 11.3 Å². The number of nitrogen functional groups attached to an aromatic ring is 1. The first-order valence-corrected chi connectivity index (χ1v) is 6.14. The zero-order valence-corrected chi connectivity index (χ0v) is 10.4. The third kappa shape index (κ3) is 2.87. The topological polar surface area (TPSA) is 110 Å². The van der Waals surface area contributed by atoms with Crippen LogP contribution in [0.2, 0.25) is 0 Å². The SMILES string of the molecule is NNc1ccc([N+](=O)[O-])c(C(=O)Nc2ccsc2)c1. The number of carbonyl (C=O) groups is 1. The Hall–Kier alpha value is -2.45. The number of hydrogen-bond donors (Lipinski definition) is 3. The normalized spacial score (nSPS) is 9.95. The molecule has 7 nitrogen and oxygen atoms in total. The second kappa shape index (κ2) is 5.46. The number of carbonyl (C=O) groups excluding carboxylic acids is 1. The minimum absolute atomic E-state index is 0.0494. The number of rotatable bonds is 4. The Balaban J connectivity index is 2.35. The Morgan fingerprint density at radius 1 is 1.32 bits per heavy atom. The number of nitro benzene ring substituents is 1. The van der Waals surface area contributed by atoms with Gasteiger partial charge in [-0.25, -0.2) is 0 Å². The number of hydrogen-bond acceptors (Lipinski definition) is 6. The number of benzene rings is 1. The van der Waals surface area contributed by atoms with Crippen LogP contribution in [0, 0.1) is 10.1 Å². The van der Waals surface area contributed by atoms with Crippen LogP contribution in [0.4, 0.5) is 17.1 Å². The summed E-state index contributed by atoms with van der Waals surface area (Å²) in [7, 11) is 0. The summed E-state index contributed by atoms with van der Waals surface area (Å²) >= 11 is 1.41. The van der Waals surface area contributed by atoms with Gasteiger partial charge in [-0.2, -0.15) is 11.3 Å². The monoisotopic (exact) mass is 278 g/mol. The fraction of sp³-hybridized carbons (Fsp3) is 0. The van der Waals surface area contributed by atoms with Gasteiger partial charge in [-0.3, -0.25) is 20.8 Å². The molecule has 0 saturated carbocycles. The van der Waals surface area contributed by atoms with E-state index in [1.807, 2.05) is 0 Å². The van der Waals surface area contributed by atoms with Crippen molar-refractivity contribution < 1.29 is 9.72 Å². The molecule has 0 aliphatic rings. The van der Waals surface area contributed by atoms with Gasteiger partial charge in [0.15, 0.2) is 0 Å². The van der Waals surface area contributed by atoms with E-state index < -0.39 is 10.8 Å².